The average Bonchev–Trinajstić information content (AvgIpc) is 2.03. The van der Waals surface area contributed by atoms with Crippen LogP contribution in [0.15, 0.2) is 5.11 Å². The summed E-state index contributed by atoms with van der Waals surface area (Å²) < 4.78 is 20.8. The van der Waals surface area contributed by atoms with Gasteiger partial charge in [-0.15, -0.1) is 0 Å². The Morgan fingerprint density at radius 3 is 2.71 bits per heavy atom. The molecule has 14 heavy (non-hydrogen) atoms. The normalized spacial score (nSPS) is 16.4. The molecule has 0 bridgehead atoms. The van der Waals surface area contributed by atoms with E-state index in [1.54, 1.807) is 0 Å². The molecule has 0 aromatic heterocycles. The Hall–Kier alpha value is -1.11. The van der Waals surface area contributed by atoms with Gasteiger partial charge < -0.3 is 9.66 Å². The van der Waals surface area contributed by atoms with Crippen molar-refractivity contribution in [3.05, 3.63) is 10.4 Å². The fourth-order valence-electron chi connectivity index (χ4n) is 0.842. The van der Waals surface area contributed by atoms with Crippen LogP contribution in [-0.2, 0) is 15.9 Å². The summed E-state index contributed by atoms with van der Waals surface area (Å²) in [5.41, 5.74) is 6.58. The zero-order valence-corrected chi connectivity index (χ0v) is 8.36. The van der Waals surface area contributed by atoms with E-state index in [-0.39, 0.29) is 13.0 Å². The molecule has 0 spiro atoms. The molecule has 80 valence electrons. The van der Waals surface area contributed by atoms with E-state index < -0.39 is 28.2 Å². The van der Waals surface area contributed by atoms with Gasteiger partial charge in [0.25, 0.3) is 0 Å². The third kappa shape index (κ3) is 4.22. The molecule has 8 heteroatoms. The van der Waals surface area contributed by atoms with Gasteiger partial charge in [-0.1, -0.05) is 16.2 Å². The van der Waals surface area contributed by atoms with Crippen molar-refractivity contribution in [1.29, 1.82) is 0 Å². The maximum absolute atomic E-state index is 10.7. The Morgan fingerprint density at radius 2 is 2.36 bits per heavy atom. The van der Waals surface area contributed by atoms with Crippen molar-refractivity contribution in [2.45, 2.75) is 13.3 Å². The van der Waals surface area contributed by atoms with Gasteiger partial charge in [0.15, 0.2) is 0 Å². The first kappa shape index (κ1) is 12.9. The van der Waals surface area contributed by atoms with Crippen LogP contribution in [0.3, 0.4) is 0 Å². The summed E-state index contributed by atoms with van der Waals surface area (Å²) in [4.78, 5) is 13.2. The van der Waals surface area contributed by atoms with Crippen molar-refractivity contribution in [3.8, 4) is 0 Å². The number of nitrogens with zero attached hydrogens (tertiary/aromatic N) is 3. The quantitative estimate of drug-likeness (QED) is 0.305. The summed E-state index contributed by atoms with van der Waals surface area (Å²) >= 11 is -2.43. The van der Waals surface area contributed by atoms with Crippen LogP contribution in [0.2, 0.25) is 0 Å². The molecule has 7 nitrogen and oxygen atoms in total. The molecule has 0 saturated carbocycles. The van der Waals surface area contributed by atoms with Gasteiger partial charge in [-0.05, 0) is 18.9 Å². The molecule has 0 saturated heterocycles. The van der Waals surface area contributed by atoms with E-state index in [0.717, 1.165) is 0 Å². The fourth-order valence-corrected chi connectivity index (χ4v) is 1.63. The zero-order valence-electron chi connectivity index (χ0n) is 7.54. The maximum atomic E-state index is 10.7. The summed E-state index contributed by atoms with van der Waals surface area (Å²) in [7, 11) is 0. The molecule has 2 atom stereocenters. The van der Waals surface area contributed by atoms with Crippen LogP contribution < -0.4 is 0 Å². The largest absolute Gasteiger partial charge is 0.772 e. The van der Waals surface area contributed by atoms with Crippen molar-refractivity contribution in [2.24, 2.45) is 10.5 Å². The van der Waals surface area contributed by atoms with Crippen molar-refractivity contribution in [3.63, 3.8) is 0 Å². The lowest BCUT2D eigenvalue weighted by Gasteiger charge is -2.24. The number of carboxylic acids is 1. The number of hydrogen-bond donors (Lipinski definition) is 1. The van der Waals surface area contributed by atoms with Crippen molar-refractivity contribution in [2.75, 3.05) is 12.3 Å². The van der Waals surface area contributed by atoms with Crippen LogP contribution >= 0.6 is 0 Å². The molecule has 2 unspecified atom stereocenters. The van der Waals surface area contributed by atoms with E-state index in [1.807, 2.05) is 0 Å². The highest BCUT2D eigenvalue weighted by molar-refractivity contribution is 7.79. The van der Waals surface area contributed by atoms with Gasteiger partial charge in [0.05, 0.1) is 5.41 Å². The predicted octanol–water partition coefficient (Wildman–Crippen LogP) is 0.657. The zero-order chi connectivity index (χ0) is 11.2. The Kier molecular flexibility index (Phi) is 5.14. The first-order valence-electron chi connectivity index (χ1n) is 3.72. The van der Waals surface area contributed by atoms with Gasteiger partial charge in [0.1, 0.15) is 0 Å². The summed E-state index contributed by atoms with van der Waals surface area (Å²) in [6, 6.07) is 0. The number of carboxylic acid groups (broad SMARTS) is 1. The third-order valence-electron chi connectivity index (χ3n) is 1.78. The van der Waals surface area contributed by atoms with Crippen LogP contribution in [0.5, 0.6) is 0 Å². The second-order valence-corrected chi connectivity index (χ2v) is 3.91. The molecule has 1 N–H and O–H groups in total. The lowest BCUT2D eigenvalue weighted by atomic mass is 9.89. The minimum Gasteiger partial charge on any atom is -0.772 e. The van der Waals surface area contributed by atoms with Crippen molar-refractivity contribution < 1.29 is 18.7 Å². The van der Waals surface area contributed by atoms with Gasteiger partial charge in [-0.3, -0.25) is 9.00 Å². The summed E-state index contributed by atoms with van der Waals surface area (Å²) in [6.45, 7) is 1.27. The molecular weight excluding hydrogens is 210 g/mol. The molecule has 0 fully saturated rings. The molecule has 0 aliphatic rings. The van der Waals surface area contributed by atoms with Crippen molar-refractivity contribution in [1.82, 2.24) is 0 Å². The first-order chi connectivity index (χ1) is 6.42. The van der Waals surface area contributed by atoms with E-state index >= 15 is 0 Å². The van der Waals surface area contributed by atoms with Gasteiger partial charge in [0, 0.05) is 17.2 Å². The molecule has 0 aliphatic heterocycles. The second-order valence-electron chi connectivity index (χ2n) is 3.02. The smallest absolute Gasteiger partial charge is 0.310 e. The minimum absolute atomic E-state index is 0.000370. The summed E-state index contributed by atoms with van der Waals surface area (Å²) in [5, 5.41) is 11.9. The lowest BCUT2D eigenvalue weighted by molar-refractivity contribution is -0.146. The van der Waals surface area contributed by atoms with E-state index in [9.17, 15) is 13.6 Å². The highest BCUT2D eigenvalue weighted by Crippen LogP contribution is 2.22. The molecule has 0 aromatic rings. The van der Waals surface area contributed by atoms with Gasteiger partial charge in [-0.25, -0.2) is 0 Å². The van der Waals surface area contributed by atoms with Gasteiger partial charge in [-0.2, -0.15) is 0 Å². The number of hydrogen-bond acceptors (Lipinski definition) is 4. The van der Waals surface area contributed by atoms with Gasteiger partial charge in [0.2, 0.25) is 0 Å². The molecular formula is C6H10N3O4S-. The molecule has 0 heterocycles. The summed E-state index contributed by atoms with van der Waals surface area (Å²) in [5.74, 6) is -1.70. The topological polar surface area (TPSA) is 126 Å². The van der Waals surface area contributed by atoms with E-state index in [4.69, 9.17) is 10.6 Å². The van der Waals surface area contributed by atoms with Crippen LogP contribution in [0.25, 0.3) is 10.4 Å². The maximum Gasteiger partial charge on any atom is 0.310 e. The summed E-state index contributed by atoms with van der Waals surface area (Å²) in [6.07, 6.45) is 0.000370. The highest BCUT2D eigenvalue weighted by atomic mass is 32.2. The number of aliphatic carboxylic acids is 1. The SMILES string of the molecule is CC(CCN=[N+]=[N-])(CS(=O)[O-])C(=O)O. The van der Waals surface area contributed by atoms with Crippen LogP contribution in [-0.4, -0.2) is 32.1 Å². The van der Waals surface area contributed by atoms with E-state index in [0.29, 0.717) is 0 Å². The van der Waals surface area contributed by atoms with Gasteiger partial charge >= 0.3 is 5.97 Å². The highest BCUT2D eigenvalue weighted by Gasteiger charge is 2.32. The molecule has 0 aliphatic carbocycles. The van der Waals surface area contributed by atoms with E-state index in [2.05, 4.69) is 10.0 Å². The number of carbonyl (C=O) groups is 1. The number of azide groups is 1. The van der Waals surface area contributed by atoms with Crippen LogP contribution in [0.4, 0.5) is 0 Å². The lowest BCUT2D eigenvalue weighted by Crippen LogP contribution is -2.34. The number of rotatable bonds is 6. The third-order valence-corrected chi connectivity index (χ3v) is 2.65. The standard InChI is InChI=1S/C6H11N3O4S/c1-6(5(10)11,4-14(12)13)2-3-8-9-7/h2-4H2,1H3,(H,10,11)(H,12,13)/p-1. The molecule has 0 aromatic carbocycles. The Balaban J connectivity index is 4.46. The minimum atomic E-state index is -2.43. The Morgan fingerprint density at radius 1 is 1.79 bits per heavy atom. The monoisotopic (exact) mass is 220 g/mol. The van der Waals surface area contributed by atoms with E-state index in [1.165, 1.54) is 6.92 Å². The Bertz CT molecular complexity index is 289. The molecule has 0 amide bonds. The first-order valence-corrected chi connectivity index (χ1v) is 4.97. The fraction of sp³-hybridized carbons (Fsp3) is 0.833. The average molecular weight is 220 g/mol. The Labute approximate surface area is 83.0 Å². The molecule has 0 rings (SSSR count). The second kappa shape index (κ2) is 5.58. The molecule has 0 radical (unpaired) electrons. The van der Waals surface area contributed by atoms with Crippen LogP contribution in [0.1, 0.15) is 13.3 Å². The van der Waals surface area contributed by atoms with Crippen molar-refractivity contribution >= 4 is 17.0 Å². The van der Waals surface area contributed by atoms with Crippen LogP contribution in [0, 0.1) is 5.41 Å². The predicted molar refractivity (Wildman–Crippen MR) is 48.2 cm³/mol.